The molecule has 0 aromatic heterocycles. The van der Waals surface area contributed by atoms with Crippen molar-refractivity contribution in [3.05, 3.63) is 65.7 Å². The first-order valence-electron chi connectivity index (χ1n) is 8.44. The van der Waals surface area contributed by atoms with E-state index in [4.69, 9.17) is 0 Å². The standard InChI is InChI=1S/C20H20N2O2/c23-18-13-16(15-9-4-5-10-17(15)21-18)19(24)22-20(11-6-12-20)14-7-2-1-3-8-14/h1-5,7-10,16H,6,11-13H2,(H,21,23)(H,22,24). The van der Waals surface area contributed by atoms with Crippen LogP contribution in [0.4, 0.5) is 5.69 Å². The second-order valence-electron chi connectivity index (χ2n) is 6.68. The summed E-state index contributed by atoms with van der Waals surface area (Å²) in [5.74, 6) is -0.576. The predicted molar refractivity (Wildman–Crippen MR) is 92.5 cm³/mol. The zero-order valence-corrected chi connectivity index (χ0v) is 13.4. The Labute approximate surface area is 141 Å². The van der Waals surface area contributed by atoms with Gasteiger partial charge in [0.05, 0.1) is 11.5 Å². The minimum atomic E-state index is -0.420. The van der Waals surface area contributed by atoms with Gasteiger partial charge in [0.15, 0.2) is 0 Å². The highest BCUT2D eigenvalue weighted by Crippen LogP contribution is 2.42. The number of benzene rings is 2. The van der Waals surface area contributed by atoms with E-state index in [1.165, 1.54) is 0 Å². The molecule has 2 aromatic carbocycles. The summed E-state index contributed by atoms with van der Waals surface area (Å²) in [6.07, 6.45) is 3.21. The molecule has 24 heavy (non-hydrogen) atoms. The van der Waals surface area contributed by atoms with Crippen LogP contribution in [0.15, 0.2) is 54.6 Å². The highest BCUT2D eigenvalue weighted by molar-refractivity contribution is 6.01. The number of anilines is 1. The van der Waals surface area contributed by atoms with Crippen LogP contribution in [-0.2, 0) is 15.1 Å². The van der Waals surface area contributed by atoms with E-state index in [1.54, 1.807) is 0 Å². The van der Waals surface area contributed by atoms with Crippen molar-refractivity contribution < 1.29 is 9.59 Å². The number of hydrogen-bond acceptors (Lipinski definition) is 2. The summed E-state index contributed by atoms with van der Waals surface area (Å²) in [5.41, 5.74) is 2.52. The lowest BCUT2D eigenvalue weighted by Crippen LogP contribution is -2.52. The summed E-state index contributed by atoms with van der Waals surface area (Å²) < 4.78 is 0. The van der Waals surface area contributed by atoms with E-state index in [0.29, 0.717) is 0 Å². The minimum Gasteiger partial charge on any atom is -0.346 e. The van der Waals surface area contributed by atoms with Gasteiger partial charge >= 0.3 is 0 Å². The summed E-state index contributed by atoms with van der Waals surface area (Å²) in [6.45, 7) is 0. The van der Waals surface area contributed by atoms with Gasteiger partial charge in [0.1, 0.15) is 0 Å². The molecule has 2 aliphatic rings. The van der Waals surface area contributed by atoms with Crippen molar-refractivity contribution in [3.8, 4) is 0 Å². The fraction of sp³-hybridized carbons (Fsp3) is 0.300. The Morgan fingerprint density at radius 1 is 1.04 bits per heavy atom. The lowest BCUT2D eigenvalue weighted by molar-refractivity contribution is -0.129. The van der Waals surface area contributed by atoms with Crippen molar-refractivity contribution in [1.29, 1.82) is 0 Å². The molecule has 0 saturated heterocycles. The van der Waals surface area contributed by atoms with Crippen molar-refractivity contribution in [1.82, 2.24) is 5.32 Å². The quantitative estimate of drug-likeness (QED) is 0.911. The molecule has 2 amide bonds. The first-order chi connectivity index (χ1) is 11.7. The molecule has 4 heteroatoms. The van der Waals surface area contributed by atoms with E-state index in [0.717, 1.165) is 36.1 Å². The van der Waals surface area contributed by atoms with Gasteiger partial charge in [0.2, 0.25) is 11.8 Å². The van der Waals surface area contributed by atoms with E-state index in [-0.39, 0.29) is 23.8 Å². The van der Waals surface area contributed by atoms with Crippen molar-refractivity contribution in [2.24, 2.45) is 0 Å². The summed E-state index contributed by atoms with van der Waals surface area (Å²) in [7, 11) is 0. The van der Waals surface area contributed by atoms with Crippen LogP contribution < -0.4 is 10.6 Å². The normalized spacial score (nSPS) is 21.2. The van der Waals surface area contributed by atoms with Crippen LogP contribution >= 0.6 is 0 Å². The van der Waals surface area contributed by atoms with Crippen LogP contribution in [0.5, 0.6) is 0 Å². The van der Waals surface area contributed by atoms with Gasteiger partial charge in [-0.3, -0.25) is 9.59 Å². The molecule has 0 bridgehead atoms. The number of nitrogens with one attached hydrogen (secondary N) is 2. The number of fused-ring (bicyclic) bond motifs is 1. The van der Waals surface area contributed by atoms with Gasteiger partial charge in [-0.2, -0.15) is 0 Å². The van der Waals surface area contributed by atoms with Gasteiger partial charge in [-0.1, -0.05) is 48.5 Å². The van der Waals surface area contributed by atoms with E-state index in [1.807, 2.05) is 42.5 Å². The Hall–Kier alpha value is -2.62. The summed E-state index contributed by atoms with van der Waals surface area (Å²) in [6, 6.07) is 17.7. The van der Waals surface area contributed by atoms with Gasteiger partial charge in [-0.15, -0.1) is 0 Å². The number of amides is 2. The molecular formula is C20H20N2O2. The first kappa shape index (κ1) is 14.9. The zero-order chi connectivity index (χ0) is 16.6. The molecule has 0 spiro atoms. The van der Waals surface area contributed by atoms with Crippen LogP contribution in [-0.4, -0.2) is 11.8 Å². The molecule has 1 heterocycles. The average Bonchev–Trinajstić information content (AvgIpc) is 2.58. The highest BCUT2D eigenvalue weighted by atomic mass is 16.2. The summed E-state index contributed by atoms with van der Waals surface area (Å²) in [5, 5.41) is 6.11. The molecule has 2 N–H and O–H groups in total. The Morgan fingerprint density at radius 2 is 1.75 bits per heavy atom. The van der Waals surface area contributed by atoms with Crippen molar-refractivity contribution in [2.75, 3.05) is 5.32 Å². The summed E-state index contributed by atoms with van der Waals surface area (Å²) in [4.78, 5) is 25.0. The second-order valence-corrected chi connectivity index (χ2v) is 6.68. The van der Waals surface area contributed by atoms with Crippen molar-refractivity contribution in [3.63, 3.8) is 0 Å². The molecule has 4 nitrogen and oxygen atoms in total. The minimum absolute atomic E-state index is 0.0548. The number of carbonyl (C=O) groups excluding carboxylic acids is 2. The maximum absolute atomic E-state index is 13.0. The fourth-order valence-electron chi connectivity index (χ4n) is 3.74. The third kappa shape index (κ3) is 2.48. The molecule has 2 aromatic rings. The molecule has 1 aliphatic carbocycles. The zero-order valence-electron chi connectivity index (χ0n) is 13.4. The third-order valence-corrected chi connectivity index (χ3v) is 5.21. The van der Waals surface area contributed by atoms with Crippen LogP contribution in [0.1, 0.15) is 42.7 Å². The maximum Gasteiger partial charge on any atom is 0.228 e. The van der Waals surface area contributed by atoms with Crippen LogP contribution in [0.25, 0.3) is 0 Å². The van der Waals surface area contributed by atoms with Crippen LogP contribution in [0.2, 0.25) is 0 Å². The number of hydrogen-bond donors (Lipinski definition) is 2. The van der Waals surface area contributed by atoms with Crippen molar-refractivity contribution >= 4 is 17.5 Å². The molecule has 1 fully saturated rings. The maximum atomic E-state index is 13.0. The lowest BCUT2D eigenvalue weighted by atomic mass is 9.71. The van der Waals surface area contributed by atoms with E-state index in [2.05, 4.69) is 22.8 Å². The Balaban J connectivity index is 1.62. The first-order valence-corrected chi connectivity index (χ1v) is 8.44. The highest BCUT2D eigenvalue weighted by Gasteiger charge is 2.42. The SMILES string of the molecule is O=C1CC(C(=O)NC2(c3ccccc3)CCC2)c2ccccc2N1. The molecule has 1 aliphatic heterocycles. The monoisotopic (exact) mass is 320 g/mol. The smallest absolute Gasteiger partial charge is 0.228 e. The lowest BCUT2D eigenvalue weighted by Gasteiger charge is -2.44. The van der Waals surface area contributed by atoms with E-state index < -0.39 is 5.92 Å². The molecule has 4 rings (SSSR count). The summed E-state index contributed by atoms with van der Waals surface area (Å²) >= 11 is 0. The van der Waals surface area contributed by atoms with Gasteiger partial charge in [0, 0.05) is 12.1 Å². The molecular weight excluding hydrogens is 300 g/mol. The molecule has 1 saturated carbocycles. The largest absolute Gasteiger partial charge is 0.346 e. The number of carbonyl (C=O) groups is 2. The molecule has 122 valence electrons. The van der Waals surface area contributed by atoms with Gasteiger partial charge < -0.3 is 10.6 Å². The van der Waals surface area contributed by atoms with Crippen LogP contribution in [0.3, 0.4) is 0 Å². The predicted octanol–water partition coefficient (Wildman–Crippen LogP) is 3.31. The number of para-hydroxylation sites is 1. The third-order valence-electron chi connectivity index (χ3n) is 5.21. The molecule has 1 unspecified atom stereocenters. The van der Waals surface area contributed by atoms with Gasteiger partial charge in [0.25, 0.3) is 0 Å². The van der Waals surface area contributed by atoms with E-state index >= 15 is 0 Å². The Kier molecular flexibility index (Phi) is 3.60. The molecule has 0 radical (unpaired) electrons. The van der Waals surface area contributed by atoms with E-state index in [9.17, 15) is 9.59 Å². The second kappa shape index (κ2) is 5.78. The van der Waals surface area contributed by atoms with Gasteiger partial charge in [-0.25, -0.2) is 0 Å². The Morgan fingerprint density at radius 3 is 2.46 bits per heavy atom. The fourth-order valence-corrected chi connectivity index (χ4v) is 3.74. The topological polar surface area (TPSA) is 58.2 Å². The molecule has 1 atom stereocenters. The van der Waals surface area contributed by atoms with Crippen LogP contribution in [0, 0.1) is 0 Å². The number of rotatable bonds is 3. The van der Waals surface area contributed by atoms with Crippen molar-refractivity contribution in [2.45, 2.75) is 37.1 Å². The average molecular weight is 320 g/mol. The Bertz CT molecular complexity index is 781. The van der Waals surface area contributed by atoms with Gasteiger partial charge in [-0.05, 0) is 36.5 Å².